The monoisotopic (exact) mass is 284 g/mol. The van der Waals surface area contributed by atoms with Crippen molar-refractivity contribution >= 4 is 15.9 Å². The molecular weight excluding hydrogens is 264 g/mol. The lowest BCUT2D eigenvalue weighted by molar-refractivity contribution is 0.367. The summed E-state index contributed by atoms with van der Waals surface area (Å²) in [7, 11) is 0. The molecule has 1 rings (SSSR count). The molecule has 2 nitrogen and oxygen atoms in total. The Balaban J connectivity index is 2.94. The molecule has 0 fully saturated rings. The van der Waals surface area contributed by atoms with Crippen molar-refractivity contribution in [1.82, 2.24) is 5.43 Å². The van der Waals surface area contributed by atoms with Crippen LogP contribution in [0.4, 0.5) is 0 Å². The van der Waals surface area contributed by atoms with Crippen molar-refractivity contribution in [2.24, 2.45) is 11.8 Å². The molecule has 1 aromatic carbocycles. The summed E-state index contributed by atoms with van der Waals surface area (Å²) < 4.78 is 1.14. The molecule has 0 aliphatic rings. The summed E-state index contributed by atoms with van der Waals surface area (Å²) in [6, 6.07) is 6.63. The highest BCUT2D eigenvalue weighted by Crippen LogP contribution is 2.30. The number of nitrogens with two attached hydrogens (primary N) is 1. The molecule has 0 saturated heterocycles. The predicted octanol–water partition coefficient (Wildman–Crippen LogP) is 3.70. The third kappa shape index (κ3) is 3.30. The fourth-order valence-electron chi connectivity index (χ4n) is 2.07. The van der Waals surface area contributed by atoms with Crippen LogP contribution in [-0.4, -0.2) is 0 Å². The molecule has 3 heteroatoms. The first-order valence-electron chi connectivity index (χ1n) is 5.82. The molecule has 2 unspecified atom stereocenters. The Morgan fingerprint density at radius 1 is 1.44 bits per heavy atom. The Morgan fingerprint density at radius 3 is 2.62 bits per heavy atom. The van der Waals surface area contributed by atoms with Gasteiger partial charge in [0.15, 0.2) is 0 Å². The van der Waals surface area contributed by atoms with Crippen LogP contribution in [0.25, 0.3) is 0 Å². The molecule has 0 aromatic heterocycles. The zero-order chi connectivity index (χ0) is 12.1. The molecule has 90 valence electrons. The van der Waals surface area contributed by atoms with Crippen molar-refractivity contribution in [3.8, 4) is 0 Å². The second kappa shape index (κ2) is 6.38. The fourth-order valence-corrected chi connectivity index (χ4v) is 2.81. The minimum atomic E-state index is 0.218. The number of aryl methyl sites for hydroxylation is 1. The molecule has 0 aliphatic carbocycles. The lowest BCUT2D eigenvalue weighted by atomic mass is 9.91. The average molecular weight is 285 g/mol. The molecule has 3 N–H and O–H groups in total. The Morgan fingerprint density at radius 2 is 2.12 bits per heavy atom. The lowest BCUT2D eigenvalue weighted by Crippen LogP contribution is -2.32. The van der Waals surface area contributed by atoms with Crippen LogP contribution >= 0.6 is 15.9 Å². The molecule has 0 saturated carbocycles. The van der Waals surface area contributed by atoms with Gasteiger partial charge >= 0.3 is 0 Å². The van der Waals surface area contributed by atoms with E-state index in [1.165, 1.54) is 24.0 Å². The van der Waals surface area contributed by atoms with Gasteiger partial charge in [0.2, 0.25) is 0 Å². The summed E-state index contributed by atoms with van der Waals surface area (Å²) in [6.07, 6.45) is 2.36. The van der Waals surface area contributed by atoms with Gasteiger partial charge in [-0.1, -0.05) is 48.3 Å². The minimum Gasteiger partial charge on any atom is -0.271 e. The first-order chi connectivity index (χ1) is 7.60. The number of hydrazine groups is 1. The van der Waals surface area contributed by atoms with Crippen molar-refractivity contribution in [2.45, 2.75) is 39.7 Å². The van der Waals surface area contributed by atoms with E-state index in [4.69, 9.17) is 5.84 Å². The van der Waals surface area contributed by atoms with Crippen LogP contribution in [-0.2, 0) is 0 Å². The van der Waals surface area contributed by atoms with E-state index in [-0.39, 0.29) is 6.04 Å². The normalized spacial score (nSPS) is 14.8. The predicted molar refractivity (Wildman–Crippen MR) is 73.0 cm³/mol. The quantitative estimate of drug-likeness (QED) is 0.639. The Bertz CT molecular complexity index is 339. The summed E-state index contributed by atoms with van der Waals surface area (Å²) in [6.45, 7) is 6.53. The van der Waals surface area contributed by atoms with Crippen LogP contribution in [0.2, 0.25) is 0 Å². The number of halogens is 1. The van der Waals surface area contributed by atoms with Gasteiger partial charge in [0.25, 0.3) is 0 Å². The molecule has 2 atom stereocenters. The topological polar surface area (TPSA) is 38.0 Å². The molecule has 0 radical (unpaired) electrons. The van der Waals surface area contributed by atoms with Crippen LogP contribution in [0.1, 0.15) is 43.9 Å². The zero-order valence-electron chi connectivity index (χ0n) is 10.3. The van der Waals surface area contributed by atoms with Crippen LogP contribution in [0, 0.1) is 12.8 Å². The van der Waals surface area contributed by atoms with Gasteiger partial charge < -0.3 is 0 Å². The summed E-state index contributed by atoms with van der Waals surface area (Å²) in [5.74, 6) is 6.21. The first-order valence-corrected chi connectivity index (χ1v) is 6.61. The second-order valence-electron chi connectivity index (χ2n) is 4.44. The number of hydrogen-bond donors (Lipinski definition) is 2. The zero-order valence-corrected chi connectivity index (χ0v) is 11.8. The summed E-state index contributed by atoms with van der Waals surface area (Å²) in [4.78, 5) is 0. The van der Waals surface area contributed by atoms with E-state index in [9.17, 15) is 0 Å². The maximum absolute atomic E-state index is 5.67. The maximum Gasteiger partial charge on any atom is 0.0496 e. The fraction of sp³-hybridized carbons (Fsp3) is 0.538. The Kier molecular flexibility index (Phi) is 5.46. The van der Waals surface area contributed by atoms with E-state index >= 15 is 0 Å². The number of nitrogens with one attached hydrogen (secondary N) is 1. The van der Waals surface area contributed by atoms with Crippen molar-refractivity contribution in [3.05, 3.63) is 33.8 Å². The number of benzene rings is 1. The van der Waals surface area contributed by atoms with Crippen LogP contribution in [0.5, 0.6) is 0 Å². The molecular formula is C13H21BrN2. The van der Waals surface area contributed by atoms with E-state index < -0.39 is 0 Å². The Hall–Kier alpha value is -0.380. The highest BCUT2D eigenvalue weighted by Gasteiger charge is 2.19. The molecule has 0 spiro atoms. The van der Waals surface area contributed by atoms with Gasteiger partial charge in [-0.2, -0.15) is 0 Å². The van der Waals surface area contributed by atoms with E-state index in [1.807, 2.05) is 0 Å². The van der Waals surface area contributed by atoms with Gasteiger partial charge in [0.1, 0.15) is 0 Å². The standard InChI is InChI=1S/C13H21BrN2/c1-4-5-10(3)13(16-15)11-7-6-9(2)8-12(11)14/h6-8,10,13,16H,4-5,15H2,1-3H3. The molecule has 0 amide bonds. The molecule has 16 heavy (non-hydrogen) atoms. The smallest absolute Gasteiger partial charge is 0.0496 e. The highest BCUT2D eigenvalue weighted by atomic mass is 79.9. The molecule has 0 heterocycles. The number of hydrogen-bond acceptors (Lipinski definition) is 2. The van der Waals surface area contributed by atoms with Crippen LogP contribution in [0.3, 0.4) is 0 Å². The SMILES string of the molecule is CCCC(C)C(NN)c1ccc(C)cc1Br. The maximum atomic E-state index is 5.67. The van der Waals surface area contributed by atoms with E-state index in [2.05, 4.69) is 60.3 Å². The van der Waals surface area contributed by atoms with Crippen molar-refractivity contribution in [1.29, 1.82) is 0 Å². The van der Waals surface area contributed by atoms with Gasteiger partial charge in [0.05, 0.1) is 0 Å². The van der Waals surface area contributed by atoms with Crippen LogP contribution < -0.4 is 11.3 Å². The summed E-state index contributed by atoms with van der Waals surface area (Å²) in [5, 5.41) is 0. The molecule has 0 bridgehead atoms. The van der Waals surface area contributed by atoms with Crippen molar-refractivity contribution in [2.75, 3.05) is 0 Å². The van der Waals surface area contributed by atoms with Gasteiger partial charge in [0, 0.05) is 10.5 Å². The summed E-state index contributed by atoms with van der Waals surface area (Å²) in [5.41, 5.74) is 5.44. The van der Waals surface area contributed by atoms with E-state index in [0.717, 1.165) is 4.47 Å². The lowest BCUT2D eigenvalue weighted by Gasteiger charge is -2.24. The second-order valence-corrected chi connectivity index (χ2v) is 5.29. The average Bonchev–Trinajstić information content (AvgIpc) is 2.22. The van der Waals surface area contributed by atoms with E-state index in [1.54, 1.807) is 0 Å². The third-order valence-corrected chi connectivity index (χ3v) is 3.67. The number of rotatable bonds is 5. The van der Waals surface area contributed by atoms with Gasteiger partial charge in [-0.05, 0) is 36.5 Å². The minimum absolute atomic E-state index is 0.218. The van der Waals surface area contributed by atoms with Gasteiger partial charge in [-0.25, -0.2) is 0 Å². The van der Waals surface area contributed by atoms with Gasteiger partial charge in [-0.3, -0.25) is 11.3 Å². The first kappa shape index (κ1) is 13.7. The van der Waals surface area contributed by atoms with E-state index in [0.29, 0.717) is 5.92 Å². The largest absolute Gasteiger partial charge is 0.271 e. The highest BCUT2D eigenvalue weighted by molar-refractivity contribution is 9.10. The Labute approximate surface area is 107 Å². The molecule has 0 aliphatic heterocycles. The van der Waals surface area contributed by atoms with Crippen molar-refractivity contribution < 1.29 is 0 Å². The van der Waals surface area contributed by atoms with Gasteiger partial charge in [-0.15, -0.1) is 0 Å². The summed E-state index contributed by atoms with van der Waals surface area (Å²) >= 11 is 3.61. The van der Waals surface area contributed by atoms with Crippen molar-refractivity contribution in [3.63, 3.8) is 0 Å². The third-order valence-electron chi connectivity index (χ3n) is 2.98. The van der Waals surface area contributed by atoms with Crippen LogP contribution in [0.15, 0.2) is 22.7 Å². The molecule has 1 aromatic rings.